The summed E-state index contributed by atoms with van der Waals surface area (Å²) in [6, 6.07) is 6.72. The molecule has 140 valence electrons. The predicted octanol–water partition coefficient (Wildman–Crippen LogP) is 3.45. The molecule has 1 amide bonds. The highest BCUT2D eigenvalue weighted by molar-refractivity contribution is 6.30. The first-order valence-corrected chi connectivity index (χ1v) is 8.50. The maximum absolute atomic E-state index is 13.8. The second kappa shape index (κ2) is 7.71. The van der Waals surface area contributed by atoms with Crippen molar-refractivity contribution in [3.05, 3.63) is 63.5 Å². The zero-order valence-corrected chi connectivity index (χ0v) is 15.3. The molecule has 0 radical (unpaired) electrons. The molecular weight excluding hydrogens is 375 g/mol. The molecule has 0 spiro atoms. The van der Waals surface area contributed by atoms with E-state index in [0.29, 0.717) is 11.4 Å². The van der Waals surface area contributed by atoms with Gasteiger partial charge in [0.2, 0.25) is 5.91 Å². The Morgan fingerprint density at radius 2 is 2.11 bits per heavy atom. The summed E-state index contributed by atoms with van der Waals surface area (Å²) in [5.41, 5.74) is 0.0839. The molecule has 27 heavy (non-hydrogen) atoms. The van der Waals surface area contributed by atoms with Crippen LogP contribution in [0.5, 0.6) is 0 Å². The summed E-state index contributed by atoms with van der Waals surface area (Å²) in [5.74, 6) is -0.350. The number of nitrogens with zero attached hydrogens (tertiary/aromatic N) is 3. The van der Waals surface area contributed by atoms with Crippen molar-refractivity contribution in [2.75, 3.05) is 5.32 Å². The van der Waals surface area contributed by atoms with E-state index < -0.39 is 17.3 Å². The number of nitrogens with one attached hydrogen (secondary N) is 1. The molecule has 0 aliphatic heterocycles. The van der Waals surface area contributed by atoms with E-state index >= 15 is 0 Å². The average Bonchev–Trinajstić information content (AvgIpc) is 3.10. The van der Waals surface area contributed by atoms with Gasteiger partial charge in [0, 0.05) is 23.2 Å². The van der Waals surface area contributed by atoms with Gasteiger partial charge in [-0.05, 0) is 24.3 Å². The molecule has 9 heteroatoms. The summed E-state index contributed by atoms with van der Waals surface area (Å²) in [4.78, 5) is 28.5. The number of carbonyl (C=O) groups is 1. The van der Waals surface area contributed by atoms with Gasteiger partial charge in [0.1, 0.15) is 12.4 Å². The number of hydrogen-bond acceptors (Lipinski definition) is 5. The fourth-order valence-electron chi connectivity index (χ4n) is 2.30. The second-order valence-corrected chi connectivity index (χ2v) is 6.61. The number of pyridine rings is 1. The Labute approximate surface area is 158 Å². The van der Waals surface area contributed by atoms with E-state index in [-0.39, 0.29) is 29.1 Å². The van der Waals surface area contributed by atoms with Crippen molar-refractivity contribution in [3.63, 3.8) is 0 Å². The molecule has 3 aromatic rings. The van der Waals surface area contributed by atoms with Crippen LogP contribution in [0.2, 0.25) is 5.02 Å². The maximum Gasteiger partial charge on any atom is 0.259 e. The van der Waals surface area contributed by atoms with Gasteiger partial charge in [0.15, 0.2) is 5.82 Å². The van der Waals surface area contributed by atoms with E-state index in [4.69, 9.17) is 16.1 Å². The zero-order chi connectivity index (χ0) is 19.6. The lowest BCUT2D eigenvalue weighted by molar-refractivity contribution is -0.116. The molecule has 0 aliphatic carbocycles. The molecule has 0 unspecified atom stereocenters. The minimum atomic E-state index is -0.663. The number of hydrogen-bond donors (Lipinski definition) is 1. The largest absolute Gasteiger partial charge is 0.334 e. The van der Waals surface area contributed by atoms with Gasteiger partial charge >= 0.3 is 0 Å². The highest BCUT2D eigenvalue weighted by Gasteiger charge is 2.14. The number of amides is 1. The molecular formula is C18H16ClFN4O3. The lowest BCUT2D eigenvalue weighted by atomic mass is 10.2. The number of aromatic nitrogens is 3. The van der Waals surface area contributed by atoms with E-state index in [1.54, 1.807) is 0 Å². The molecule has 0 aliphatic rings. The van der Waals surface area contributed by atoms with Crippen LogP contribution >= 0.6 is 11.6 Å². The fourth-order valence-corrected chi connectivity index (χ4v) is 2.46. The van der Waals surface area contributed by atoms with Gasteiger partial charge in [-0.2, -0.15) is 4.98 Å². The van der Waals surface area contributed by atoms with E-state index in [2.05, 4.69) is 15.5 Å². The molecule has 1 N–H and O–H groups in total. The van der Waals surface area contributed by atoms with Gasteiger partial charge in [-0.3, -0.25) is 9.59 Å². The number of rotatable bonds is 5. The lowest BCUT2D eigenvalue weighted by Crippen LogP contribution is -2.27. The highest BCUT2D eigenvalue weighted by atomic mass is 35.5. The summed E-state index contributed by atoms with van der Waals surface area (Å²) in [5, 5.41) is 6.50. The van der Waals surface area contributed by atoms with Crippen molar-refractivity contribution in [1.29, 1.82) is 0 Å². The summed E-state index contributed by atoms with van der Waals surface area (Å²) in [7, 11) is 0. The standard InChI is InChI=1S/C18H16ClFN4O3/c1-10(2)17-22-18(27-23-17)11-3-6-16(26)24(8-11)9-15(25)21-14-5-4-12(19)7-13(14)20/h3-8,10H,9H2,1-2H3,(H,21,25). The van der Waals surface area contributed by atoms with Gasteiger partial charge in [-0.15, -0.1) is 0 Å². The Balaban J connectivity index is 1.79. The molecule has 0 saturated carbocycles. The average molecular weight is 391 g/mol. The number of halogens is 2. The van der Waals surface area contributed by atoms with E-state index in [1.807, 2.05) is 13.8 Å². The Kier molecular flexibility index (Phi) is 5.36. The first-order valence-electron chi connectivity index (χ1n) is 8.13. The van der Waals surface area contributed by atoms with Gasteiger partial charge in [-0.25, -0.2) is 4.39 Å². The quantitative estimate of drug-likeness (QED) is 0.720. The molecule has 1 aromatic carbocycles. The van der Waals surface area contributed by atoms with Crippen LogP contribution in [0.1, 0.15) is 25.6 Å². The molecule has 7 nitrogen and oxygen atoms in total. The van der Waals surface area contributed by atoms with E-state index in [1.165, 1.54) is 35.0 Å². The monoisotopic (exact) mass is 390 g/mol. The molecule has 0 bridgehead atoms. The second-order valence-electron chi connectivity index (χ2n) is 6.17. The number of anilines is 1. The van der Waals surface area contributed by atoms with Crippen LogP contribution in [0, 0.1) is 5.82 Å². The minimum Gasteiger partial charge on any atom is -0.334 e. The van der Waals surface area contributed by atoms with Crippen molar-refractivity contribution in [3.8, 4) is 11.5 Å². The molecule has 0 fully saturated rings. The highest BCUT2D eigenvalue weighted by Crippen LogP contribution is 2.20. The summed E-state index contributed by atoms with van der Waals surface area (Å²) in [6.45, 7) is 3.55. The van der Waals surface area contributed by atoms with Crippen LogP contribution in [-0.4, -0.2) is 20.6 Å². The van der Waals surface area contributed by atoms with Crippen LogP contribution < -0.4 is 10.9 Å². The molecule has 3 rings (SSSR count). The summed E-state index contributed by atoms with van der Waals surface area (Å²) >= 11 is 5.68. The molecule has 2 aromatic heterocycles. The maximum atomic E-state index is 13.8. The van der Waals surface area contributed by atoms with Crippen molar-refractivity contribution in [2.24, 2.45) is 0 Å². The third kappa shape index (κ3) is 4.40. The topological polar surface area (TPSA) is 90.0 Å². The van der Waals surface area contributed by atoms with Crippen LogP contribution in [-0.2, 0) is 11.3 Å². The SMILES string of the molecule is CC(C)c1noc(-c2ccc(=O)n(CC(=O)Nc3ccc(Cl)cc3F)c2)n1. The Morgan fingerprint density at radius 1 is 1.33 bits per heavy atom. The van der Waals surface area contributed by atoms with Crippen molar-refractivity contribution < 1.29 is 13.7 Å². The fraction of sp³-hybridized carbons (Fsp3) is 0.222. The minimum absolute atomic E-state index is 0.0212. The van der Waals surface area contributed by atoms with Gasteiger partial charge < -0.3 is 14.4 Å². The number of carbonyl (C=O) groups excluding carboxylic acids is 1. The predicted molar refractivity (Wildman–Crippen MR) is 98.1 cm³/mol. The van der Waals surface area contributed by atoms with Crippen molar-refractivity contribution in [1.82, 2.24) is 14.7 Å². The first-order chi connectivity index (χ1) is 12.8. The van der Waals surface area contributed by atoms with E-state index in [0.717, 1.165) is 6.07 Å². The molecule has 0 saturated heterocycles. The first kappa shape index (κ1) is 18.8. The van der Waals surface area contributed by atoms with Crippen molar-refractivity contribution in [2.45, 2.75) is 26.3 Å². The van der Waals surface area contributed by atoms with E-state index in [9.17, 15) is 14.0 Å². The third-order valence-electron chi connectivity index (χ3n) is 3.71. The Bertz CT molecular complexity index is 1050. The Hall–Kier alpha value is -3.00. The molecule has 2 heterocycles. The van der Waals surface area contributed by atoms with Crippen LogP contribution in [0.15, 0.2) is 45.8 Å². The summed E-state index contributed by atoms with van der Waals surface area (Å²) in [6.07, 6.45) is 1.44. The van der Waals surface area contributed by atoms with Gasteiger partial charge in [0.25, 0.3) is 11.4 Å². The zero-order valence-electron chi connectivity index (χ0n) is 14.6. The summed E-state index contributed by atoms with van der Waals surface area (Å²) < 4.78 is 20.2. The lowest BCUT2D eigenvalue weighted by Gasteiger charge is -2.09. The molecule has 0 atom stereocenters. The van der Waals surface area contributed by atoms with Crippen LogP contribution in [0.4, 0.5) is 10.1 Å². The Morgan fingerprint density at radius 3 is 2.78 bits per heavy atom. The smallest absolute Gasteiger partial charge is 0.259 e. The van der Waals surface area contributed by atoms with Crippen LogP contribution in [0.3, 0.4) is 0 Å². The van der Waals surface area contributed by atoms with Gasteiger partial charge in [0.05, 0.1) is 11.3 Å². The normalized spacial score (nSPS) is 11.0. The van der Waals surface area contributed by atoms with Crippen molar-refractivity contribution >= 4 is 23.2 Å². The third-order valence-corrected chi connectivity index (χ3v) is 3.94. The van der Waals surface area contributed by atoms with Gasteiger partial charge in [-0.1, -0.05) is 30.6 Å². The van der Waals surface area contributed by atoms with Crippen LogP contribution in [0.25, 0.3) is 11.5 Å². The number of benzene rings is 1.